The molecule has 0 aliphatic carbocycles. The first-order chi connectivity index (χ1) is 9.93. The summed E-state index contributed by atoms with van der Waals surface area (Å²) in [5.74, 6) is -1.04. The number of carbonyl (C=O) groups excluding carboxylic acids is 1. The van der Waals surface area contributed by atoms with Gasteiger partial charge in [-0.05, 0) is 19.4 Å². The Labute approximate surface area is 125 Å². The van der Waals surface area contributed by atoms with Crippen LogP contribution in [0, 0.1) is 0 Å². The molecular formula is C16H22N2O3. The highest BCUT2D eigenvalue weighted by Crippen LogP contribution is 2.05. The fraction of sp³-hybridized carbons (Fsp3) is 0.375. The number of carbonyl (C=O) groups is 2. The second-order valence-electron chi connectivity index (χ2n) is 5.00. The summed E-state index contributed by atoms with van der Waals surface area (Å²) in [7, 11) is 0. The van der Waals surface area contributed by atoms with Crippen LogP contribution in [0.15, 0.2) is 42.5 Å². The second-order valence-corrected chi connectivity index (χ2v) is 5.00. The Kier molecular flexibility index (Phi) is 6.46. The van der Waals surface area contributed by atoms with Crippen LogP contribution in [-0.2, 0) is 11.2 Å². The van der Waals surface area contributed by atoms with E-state index in [4.69, 9.17) is 0 Å². The van der Waals surface area contributed by atoms with Crippen molar-refractivity contribution in [2.45, 2.75) is 26.3 Å². The molecule has 0 aliphatic heterocycles. The van der Waals surface area contributed by atoms with E-state index in [9.17, 15) is 14.7 Å². The normalized spacial score (nSPS) is 11.5. The van der Waals surface area contributed by atoms with Gasteiger partial charge >= 0.3 is 12.0 Å². The summed E-state index contributed by atoms with van der Waals surface area (Å²) in [5.41, 5.74) is 1.72. The number of benzene rings is 1. The van der Waals surface area contributed by atoms with Gasteiger partial charge in [0.1, 0.15) is 6.04 Å². The average molecular weight is 290 g/mol. The fourth-order valence-corrected chi connectivity index (χ4v) is 1.94. The van der Waals surface area contributed by atoms with Crippen LogP contribution in [0.1, 0.15) is 19.4 Å². The lowest BCUT2D eigenvalue weighted by atomic mass is 10.1. The van der Waals surface area contributed by atoms with Gasteiger partial charge in [-0.1, -0.05) is 42.5 Å². The smallest absolute Gasteiger partial charge is 0.326 e. The molecule has 0 unspecified atom stereocenters. The number of nitrogens with one attached hydrogen (secondary N) is 1. The van der Waals surface area contributed by atoms with E-state index in [1.165, 1.54) is 4.90 Å². The number of rotatable bonds is 7. The molecular weight excluding hydrogens is 268 g/mol. The van der Waals surface area contributed by atoms with Crippen LogP contribution >= 0.6 is 0 Å². The summed E-state index contributed by atoms with van der Waals surface area (Å²) in [6, 6.07) is 7.90. The summed E-state index contributed by atoms with van der Waals surface area (Å²) in [4.78, 5) is 25.0. The van der Waals surface area contributed by atoms with Crippen LogP contribution in [0.2, 0.25) is 0 Å². The highest BCUT2D eigenvalue weighted by molar-refractivity contribution is 5.83. The topological polar surface area (TPSA) is 69.6 Å². The lowest BCUT2D eigenvalue weighted by Crippen LogP contribution is -2.49. The van der Waals surface area contributed by atoms with E-state index in [0.29, 0.717) is 13.1 Å². The van der Waals surface area contributed by atoms with Gasteiger partial charge in [-0.25, -0.2) is 9.59 Å². The summed E-state index contributed by atoms with van der Waals surface area (Å²) < 4.78 is 0. The minimum absolute atomic E-state index is 0.256. The Morgan fingerprint density at radius 1 is 1.33 bits per heavy atom. The third-order valence-corrected chi connectivity index (χ3v) is 3.01. The molecule has 114 valence electrons. The minimum Gasteiger partial charge on any atom is -0.480 e. The maximum absolute atomic E-state index is 12.1. The number of aliphatic carboxylic acids is 1. The van der Waals surface area contributed by atoms with E-state index in [0.717, 1.165) is 11.1 Å². The largest absolute Gasteiger partial charge is 0.480 e. The van der Waals surface area contributed by atoms with Crippen molar-refractivity contribution in [3.63, 3.8) is 0 Å². The van der Waals surface area contributed by atoms with Gasteiger partial charge in [-0.15, -0.1) is 0 Å². The van der Waals surface area contributed by atoms with Crippen molar-refractivity contribution >= 4 is 12.0 Å². The molecule has 1 rings (SSSR count). The molecule has 0 aromatic heterocycles. The number of carboxylic acids is 1. The van der Waals surface area contributed by atoms with E-state index >= 15 is 0 Å². The highest BCUT2D eigenvalue weighted by atomic mass is 16.4. The molecule has 1 aromatic carbocycles. The zero-order valence-corrected chi connectivity index (χ0v) is 12.5. The zero-order valence-electron chi connectivity index (χ0n) is 12.5. The van der Waals surface area contributed by atoms with Crippen molar-refractivity contribution in [1.82, 2.24) is 10.2 Å². The summed E-state index contributed by atoms with van der Waals surface area (Å²) in [6.45, 7) is 8.35. The van der Waals surface area contributed by atoms with Gasteiger partial charge in [0.2, 0.25) is 0 Å². The van der Waals surface area contributed by atoms with Crippen molar-refractivity contribution in [2.75, 3.05) is 13.1 Å². The first-order valence-electron chi connectivity index (χ1n) is 6.90. The standard InChI is InChI=1S/C16H22N2O3/c1-4-18(11-12(2)3)16(21)17-14(15(19)20)10-13-8-6-5-7-9-13/h5-9,14H,2,4,10-11H2,1,3H3,(H,17,21)(H,19,20)/t14-/m0/s1. The molecule has 0 spiro atoms. The van der Waals surface area contributed by atoms with Crippen molar-refractivity contribution in [2.24, 2.45) is 0 Å². The van der Waals surface area contributed by atoms with E-state index < -0.39 is 12.0 Å². The van der Waals surface area contributed by atoms with Crippen LogP contribution in [0.5, 0.6) is 0 Å². The first-order valence-corrected chi connectivity index (χ1v) is 6.90. The van der Waals surface area contributed by atoms with Crippen molar-refractivity contribution < 1.29 is 14.7 Å². The van der Waals surface area contributed by atoms with Gasteiger partial charge in [0.05, 0.1) is 0 Å². The van der Waals surface area contributed by atoms with Gasteiger partial charge in [0, 0.05) is 19.5 Å². The lowest BCUT2D eigenvalue weighted by Gasteiger charge is -2.24. The minimum atomic E-state index is -1.04. The van der Waals surface area contributed by atoms with Gasteiger partial charge in [-0.2, -0.15) is 0 Å². The van der Waals surface area contributed by atoms with Crippen molar-refractivity contribution in [1.29, 1.82) is 0 Å². The van der Waals surface area contributed by atoms with Crippen LogP contribution in [0.4, 0.5) is 4.79 Å². The molecule has 2 N–H and O–H groups in total. The van der Waals surface area contributed by atoms with Crippen molar-refractivity contribution in [3.05, 3.63) is 48.0 Å². The fourth-order valence-electron chi connectivity index (χ4n) is 1.94. The zero-order chi connectivity index (χ0) is 15.8. The quantitative estimate of drug-likeness (QED) is 0.757. The third kappa shape index (κ3) is 5.69. The third-order valence-electron chi connectivity index (χ3n) is 3.01. The van der Waals surface area contributed by atoms with E-state index in [2.05, 4.69) is 11.9 Å². The molecule has 0 bridgehead atoms. The molecule has 0 radical (unpaired) electrons. The molecule has 0 fully saturated rings. The Balaban J connectivity index is 2.71. The molecule has 0 saturated heterocycles. The molecule has 2 amide bonds. The van der Waals surface area contributed by atoms with E-state index in [1.54, 1.807) is 0 Å². The highest BCUT2D eigenvalue weighted by Gasteiger charge is 2.22. The summed E-state index contributed by atoms with van der Waals surface area (Å²) in [6.07, 6.45) is 0.256. The lowest BCUT2D eigenvalue weighted by molar-refractivity contribution is -0.139. The molecule has 0 saturated carbocycles. The van der Waals surface area contributed by atoms with Crippen LogP contribution in [0.25, 0.3) is 0 Å². The van der Waals surface area contributed by atoms with Crippen molar-refractivity contribution in [3.8, 4) is 0 Å². The number of hydrogen-bond donors (Lipinski definition) is 2. The molecule has 5 heteroatoms. The Morgan fingerprint density at radius 3 is 2.43 bits per heavy atom. The van der Waals surface area contributed by atoms with E-state index in [-0.39, 0.29) is 12.5 Å². The van der Waals surface area contributed by atoms with Crippen LogP contribution in [0.3, 0.4) is 0 Å². The predicted octanol–water partition coefficient (Wildman–Crippen LogP) is 2.29. The Morgan fingerprint density at radius 2 is 1.95 bits per heavy atom. The number of carboxylic acid groups (broad SMARTS) is 1. The second kappa shape index (κ2) is 8.09. The number of nitrogens with zero attached hydrogens (tertiary/aromatic N) is 1. The van der Waals surface area contributed by atoms with Crippen LogP contribution in [-0.4, -0.2) is 41.1 Å². The molecule has 1 atom stereocenters. The maximum Gasteiger partial charge on any atom is 0.326 e. The van der Waals surface area contributed by atoms with Gasteiger partial charge < -0.3 is 15.3 Å². The average Bonchev–Trinajstić information content (AvgIpc) is 2.44. The Bertz CT molecular complexity index is 500. The van der Waals surface area contributed by atoms with Gasteiger partial charge in [-0.3, -0.25) is 0 Å². The predicted molar refractivity (Wildman–Crippen MR) is 82.2 cm³/mol. The molecule has 5 nitrogen and oxygen atoms in total. The first kappa shape index (κ1) is 16.8. The van der Waals surface area contributed by atoms with Gasteiger partial charge in [0.25, 0.3) is 0 Å². The summed E-state index contributed by atoms with van der Waals surface area (Å²) >= 11 is 0. The van der Waals surface area contributed by atoms with Gasteiger partial charge in [0.15, 0.2) is 0 Å². The van der Waals surface area contributed by atoms with E-state index in [1.807, 2.05) is 44.2 Å². The molecule has 1 aromatic rings. The molecule has 0 heterocycles. The SMILES string of the molecule is C=C(C)CN(CC)C(=O)N[C@@H](Cc1ccccc1)C(=O)O. The number of amides is 2. The number of likely N-dealkylation sites (N-methyl/N-ethyl adjacent to an activating group) is 1. The monoisotopic (exact) mass is 290 g/mol. The number of hydrogen-bond acceptors (Lipinski definition) is 2. The number of urea groups is 1. The summed E-state index contributed by atoms with van der Waals surface area (Å²) in [5, 5.41) is 11.8. The molecule has 0 aliphatic rings. The Hall–Kier alpha value is -2.30. The van der Waals surface area contributed by atoms with Crippen LogP contribution < -0.4 is 5.32 Å². The molecule has 21 heavy (non-hydrogen) atoms. The maximum atomic E-state index is 12.1.